The molecule has 0 heterocycles. The zero-order chi connectivity index (χ0) is 88.0. The lowest BCUT2D eigenvalue weighted by molar-refractivity contribution is 0.464. The van der Waals surface area contributed by atoms with Crippen molar-refractivity contribution in [3.05, 3.63) is 66.5 Å². The molecule has 2 N–H and O–H groups in total. The molecule has 0 bridgehead atoms. The van der Waals surface area contributed by atoms with Gasteiger partial charge in [0.2, 0.25) is 0 Å². The van der Waals surface area contributed by atoms with Gasteiger partial charge >= 0.3 is 0 Å². The van der Waals surface area contributed by atoms with Crippen molar-refractivity contribution in [3.63, 3.8) is 0 Å². The molecule has 2 rings (SSSR count). The summed E-state index contributed by atoms with van der Waals surface area (Å²) in [5.74, 6) is 27.1. The molecule has 2 heteroatoms. The van der Waals surface area contributed by atoms with E-state index in [0.29, 0.717) is 29.8 Å². The van der Waals surface area contributed by atoms with Crippen molar-refractivity contribution in [2.45, 2.75) is 471 Å². The Morgan fingerprint density at radius 2 is 0.505 bits per heavy atom. The van der Waals surface area contributed by atoms with Gasteiger partial charge in [0.15, 0.2) is 0 Å². The van der Waals surface area contributed by atoms with E-state index in [9.17, 15) is 0 Å². The van der Waals surface area contributed by atoms with Crippen molar-refractivity contribution in [2.24, 2.45) is 142 Å². The zero-order valence-corrected chi connectivity index (χ0v) is 85.7. The van der Waals surface area contributed by atoms with Crippen molar-refractivity contribution < 1.29 is 0 Å². The van der Waals surface area contributed by atoms with Crippen LogP contribution in [0.15, 0.2) is 66.5 Å². The van der Waals surface area contributed by atoms with Crippen molar-refractivity contribution in [1.29, 1.82) is 0 Å². The van der Waals surface area contributed by atoms with Gasteiger partial charge in [-0.2, -0.15) is 0 Å². The first-order chi connectivity index (χ1) is 51.3. The van der Waals surface area contributed by atoms with Gasteiger partial charge in [-0.15, -0.1) is 17.6 Å². The normalized spacial score (nSPS) is 15.1. The van der Waals surface area contributed by atoms with Gasteiger partial charge in [0, 0.05) is 31.5 Å². The lowest BCUT2D eigenvalue weighted by Crippen LogP contribution is -2.23. The fraction of sp³-hybridized carbons (Fsp3) is 0.881. The van der Waals surface area contributed by atoms with Crippen molar-refractivity contribution in [2.75, 3.05) is 13.1 Å². The molecular weight excluding hydrogens is 1340 g/mol. The van der Waals surface area contributed by atoms with Gasteiger partial charge in [-0.1, -0.05) is 405 Å². The molecule has 668 valence electrons. The average molecular weight is 1560 g/mol. The number of nitrogens with one attached hydrogen (secondary N) is 2. The van der Waals surface area contributed by atoms with E-state index in [1.54, 1.807) is 0 Å². The molecular formula is C109H222N2. The SMILES string of the molecule is CC(C)/C=C/CC(C)C.CC(C)/C=C/CNC(C)C.CC(C)C/C=C/CC(C)C.CC(C)C/C=C\CC(C)C.CC(C)C=C=CCC(C)C.CC(C)CC#CCC(C)C.CC(C)CC1CC1CC(C)C.CC(C)CC1CC1CC(C)C.CC(C)CCCCC(C)C.CC(C)CCCCC(C)C.CC(C)CCCNC(C)C. The standard InChI is InChI=1S/2C11H22.2C10H22.2C10H20.2C10H18.C9H21N.C9H19N.C9H18/c2*1-8(2)5-10-7-11(10)6-9(3)4;6*1-9(2)7-5-6-8-10(3)4;2*1-8(2)6-5-7-10-9(3)4;1-8(2)6-5-7-9(3)4/h2*8-11H,5-7H2,1-4H3;2*9-10H,5-8H2,1-4H3;2*5-6,9-10H,7-8H2,1-4H3;9-10H,7-8H2,1-4H3;5,8-10H,7H2,1-4H3;8-10H,5-7H2,1-4H3;5-6,8-10H,7H2,1-4H3;5-6,8-9H,7H2,1-4H3/b;;;;6-5+;6-5-;;;;2*6-5+. The van der Waals surface area contributed by atoms with Crippen LogP contribution in [-0.4, -0.2) is 25.2 Å². The fourth-order valence-electron chi connectivity index (χ4n) is 11.2. The van der Waals surface area contributed by atoms with Crippen LogP contribution in [0.2, 0.25) is 0 Å². The van der Waals surface area contributed by atoms with Crippen molar-refractivity contribution >= 4 is 0 Å². The molecule has 0 radical (unpaired) electrons. The molecule has 2 aliphatic rings. The van der Waals surface area contributed by atoms with Gasteiger partial charge in [0.1, 0.15) is 0 Å². The summed E-state index contributed by atoms with van der Waals surface area (Å²) in [6.45, 7) is 101. The van der Waals surface area contributed by atoms with Crippen LogP contribution in [0, 0.1) is 154 Å². The van der Waals surface area contributed by atoms with Crippen LogP contribution in [0.5, 0.6) is 0 Å². The summed E-state index contributed by atoms with van der Waals surface area (Å²) < 4.78 is 0. The number of rotatable bonds is 43. The van der Waals surface area contributed by atoms with E-state index in [2.05, 4.69) is 394 Å². The van der Waals surface area contributed by atoms with E-state index in [4.69, 9.17) is 0 Å². The first-order valence-corrected chi connectivity index (χ1v) is 48.3. The van der Waals surface area contributed by atoms with Crippen LogP contribution in [0.1, 0.15) is 459 Å². The van der Waals surface area contributed by atoms with E-state index < -0.39 is 0 Å². The maximum absolute atomic E-state index is 3.40. The summed E-state index contributed by atoms with van der Waals surface area (Å²) in [6.07, 6.45) is 54.6. The maximum Gasteiger partial charge on any atom is 0.0137 e. The van der Waals surface area contributed by atoms with Crippen LogP contribution >= 0.6 is 0 Å². The van der Waals surface area contributed by atoms with Crippen molar-refractivity contribution in [3.8, 4) is 11.8 Å². The summed E-state index contributed by atoms with van der Waals surface area (Å²) in [6, 6.07) is 1.24. The smallest absolute Gasteiger partial charge is 0.0137 e. The quantitative estimate of drug-likeness (QED) is 0.0275. The van der Waals surface area contributed by atoms with Gasteiger partial charge < -0.3 is 10.6 Å². The number of hydrogen-bond donors (Lipinski definition) is 2. The van der Waals surface area contributed by atoms with E-state index in [1.165, 1.54) is 141 Å². The maximum atomic E-state index is 3.40. The van der Waals surface area contributed by atoms with Crippen LogP contribution in [-0.2, 0) is 0 Å². The minimum atomic E-state index is 0.594. The monoisotopic (exact) mass is 1560 g/mol. The molecule has 0 spiro atoms. The molecule has 4 unspecified atom stereocenters. The largest absolute Gasteiger partial charge is 0.315 e. The molecule has 2 saturated carbocycles. The van der Waals surface area contributed by atoms with Gasteiger partial charge in [0.05, 0.1) is 0 Å². The Kier molecular flexibility index (Phi) is 103. The summed E-state index contributed by atoms with van der Waals surface area (Å²) >= 11 is 0. The highest BCUT2D eigenvalue weighted by molar-refractivity contribution is 5.00. The Morgan fingerprint density at radius 3 is 0.721 bits per heavy atom. The van der Waals surface area contributed by atoms with Crippen LogP contribution in [0.3, 0.4) is 0 Å². The second kappa shape index (κ2) is 90.3. The topological polar surface area (TPSA) is 24.1 Å². The third kappa shape index (κ3) is 157. The number of hydrogen-bond acceptors (Lipinski definition) is 2. The number of unbranched alkanes of at least 4 members (excludes halogenated alkanes) is 2. The molecule has 0 saturated heterocycles. The first kappa shape index (κ1) is 127. The Hall–Kier alpha value is -2.04. The molecule has 111 heavy (non-hydrogen) atoms. The third-order valence-corrected chi connectivity index (χ3v) is 17.7. The summed E-state index contributed by atoms with van der Waals surface area (Å²) in [5.41, 5.74) is 3.17. The Morgan fingerprint density at radius 1 is 0.252 bits per heavy atom. The zero-order valence-electron chi connectivity index (χ0n) is 85.7. The predicted molar refractivity (Wildman–Crippen MR) is 525 cm³/mol. The molecule has 0 amide bonds. The molecule has 0 aromatic carbocycles. The highest BCUT2D eigenvalue weighted by atomic mass is 14.9. The molecule has 2 aliphatic carbocycles. The minimum Gasteiger partial charge on any atom is -0.315 e. The van der Waals surface area contributed by atoms with Crippen molar-refractivity contribution in [1.82, 2.24) is 10.6 Å². The van der Waals surface area contributed by atoms with Gasteiger partial charge in [-0.25, -0.2) is 0 Å². The average Bonchev–Trinajstić information content (AvgIpc) is 1.70. The summed E-state index contributed by atoms with van der Waals surface area (Å²) in [7, 11) is 0. The molecule has 0 aliphatic heterocycles. The highest BCUT2D eigenvalue weighted by Crippen LogP contribution is 2.47. The third-order valence-electron chi connectivity index (χ3n) is 17.7. The Balaban J connectivity index is -0.000000147. The predicted octanol–water partition coefficient (Wildman–Crippen LogP) is 36.8. The second-order valence-corrected chi connectivity index (χ2v) is 42.8. The minimum absolute atomic E-state index is 0.594. The Labute approximate surface area is 710 Å². The van der Waals surface area contributed by atoms with Crippen LogP contribution in [0.25, 0.3) is 0 Å². The molecule has 2 nitrogen and oxygen atoms in total. The lowest BCUT2D eigenvalue weighted by Gasteiger charge is -2.08. The lowest BCUT2D eigenvalue weighted by atomic mass is 10.0. The van der Waals surface area contributed by atoms with E-state index in [-0.39, 0.29) is 0 Å². The molecule has 0 aromatic rings. The second-order valence-electron chi connectivity index (χ2n) is 42.8. The molecule has 4 atom stereocenters. The van der Waals surface area contributed by atoms with E-state index in [0.717, 1.165) is 150 Å². The summed E-state index contributed by atoms with van der Waals surface area (Å²) in [4.78, 5) is 0. The Bertz CT molecular complexity index is 1810. The van der Waals surface area contributed by atoms with E-state index >= 15 is 0 Å². The van der Waals surface area contributed by atoms with Gasteiger partial charge in [-0.05, 0) is 251 Å². The fourth-order valence-corrected chi connectivity index (χ4v) is 11.2. The van der Waals surface area contributed by atoms with Gasteiger partial charge in [0.25, 0.3) is 0 Å². The highest BCUT2D eigenvalue weighted by Gasteiger charge is 2.37. The van der Waals surface area contributed by atoms with Gasteiger partial charge in [-0.3, -0.25) is 0 Å². The van der Waals surface area contributed by atoms with Crippen LogP contribution < -0.4 is 10.6 Å². The summed E-state index contributed by atoms with van der Waals surface area (Å²) in [5, 5.41) is 6.71. The molecule has 0 aromatic heterocycles. The van der Waals surface area contributed by atoms with E-state index in [1.807, 2.05) is 0 Å². The first-order valence-electron chi connectivity index (χ1n) is 48.3. The van der Waals surface area contributed by atoms with Crippen LogP contribution in [0.4, 0.5) is 0 Å². The molecule has 2 fully saturated rings. The number of allylic oxidation sites excluding steroid dienone is 8.